The highest BCUT2D eigenvalue weighted by Gasteiger charge is 2.07. The van der Waals surface area contributed by atoms with Gasteiger partial charge in [0.15, 0.2) is 11.6 Å². The number of hydrogen-bond donors (Lipinski definition) is 1. The summed E-state index contributed by atoms with van der Waals surface area (Å²) in [4.78, 5) is 4.24. The van der Waals surface area contributed by atoms with Crippen molar-refractivity contribution in [1.29, 1.82) is 0 Å². The summed E-state index contributed by atoms with van der Waals surface area (Å²) in [5.41, 5.74) is 0. The van der Waals surface area contributed by atoms with Gasteiger partial charge in [0.05, 0.1) is 12.6 Å². The van der Waals surface area contributed by atoms with Crippen LogP contribution in [0.3, 0.4) is 0 Å². The number of terminal acetylenes is 1. The van der Waals surface area contributed by atoms with Crippen LogP contribution in [0, 0.1) is 12.3 Å². The Balaban J connectivity index is 2.74. The van der Waals surface area contributed by atoms with Crippen molar-refractivity contribution >= 4 is 5.82 Å². The standard InChI is InChI=1S/C13H18N2O/c1-4-10-16-12-8-7-9-14-13(12)15-11(5-2)6-3/h2,7-9,11H,4,6,10H2,1,3H3,(H,14,15). The molecule has 1 atom stereocenters. The van der Waals surface area contributed by atoms with Gasteiger partial charge in [-0.15, -0.1) is 6.42 Å². The average Bonchev–Trinajstić information content (AvgIpc) is 2.34. The predicted octanol–water partition coefficient (Wildman–Crippen LogP) is 2.69. The summed E-state index contributed by atoms with van der Waals surface area (Å²) < 4.78 is 5.58. The van der Waals surface area contributed by atoms with Crippen LogP contribution >= 0.6 is 0 Å². The monoisotopic (exact) mass is 218 g/mol. The lowest BCUT2D eigenvalue weighted by Crippen LogP contribution is -2.17. The van der Waals surface area contributed by atoms with Crippen LogP contribution in [0.15, 0.2) is 18.3 Å². The lowest BCUT2D eigenvalue weighted by molar-refractivity contribution is 0.317. The minimum atomic E-state index is -0.00104. The van der Waals surface area contributed by atoms with Gasteiger partial charge in [0.2, 0.25) is 0 Å². The number of rotatable bonds is 6. The van der Waals surface area contributed by atoms with Crippen LogP contribution in [0.1, 0.15) is 26.7 Å². The number of nitrogens with one attached hydrogen (secondary N) is 1. The molecular formula is C13H18N2O. The summed E-state index contributed by atoms with van der Waals surface area (Å²) in [7, 11) is 0. The summed E-state index contributed by atoms with van der Waals surface area (Å²) in [6.45, 7) is 4.79. The van der Waals surface area contributed by atoms with E-state index < -0.39 is 0 Å². The zero-order valence-electron chi connectivity index (χ0n) is 9.86. The Bertz CT molecular complexity index is 357. The van der Waals surface area contributed by atoms with Crippen molar-refractivity contribution in [2.45, 2.75) is 32.7 Å². The van der Waals surface area contributed by atoms with Crippen molar-refractivity contribution in [3.8, 4) is 18.1 Å². The quantitative estimate of drug-likeness (QED) is 0.745. The maximum absolute atomic E-state index is 5.58. The summed E-state index contributed by atoms with van der Waals surface area (Å²) in [6.07, 6.45) is 8.96. The molecule has 0 bridgehead atoms. The lowest BCUT2D eigenvalue weighted by Gasteiger charge is -2.14. The largest absolute Gasteiger partial charge is 0.490 e. The fraction of sp³-hybridized carbons (Fsp3) is 0.462. The van der Waals surface area contributed by atoms with Crippen LogP contribution in [-0.4, -0.2) is 17.6 Å². The Labute approximate surface area is 97.2 Å². The first kappa shape index (κ1) is 12.4. The molecule has 86 valence electrons. The van der Waals surface area contributed by atoms with E-state index in [2.05, 4.69) is 23.1 Å². The molecule has 3 nitrogen and oxygen atoms in total. The summed E-state index contributed by atoms with van der Waals surface area (Å²) >= 11 is 0. The average molecular weight is 218 g/mol. The highest BCUT2D eigenvalue weighted by Crippen LogP contribution is 2.22. The molecule has 0 radical (unpaired) electrons. The minimum Gasteiger partial charge on any atom is -0.490 e. The molecule has 0 amide bonds. The summed E-state index contributed by atoms with van der Waals surface area (Å²) in [5, 5.41) is 3.18. The van der Waals surface area contributed by atoms with Gasteiger partial charge < -0.3 is 10.1 Å². The Hall–Kier alpha value is -1.69. The second kappa shape index (κ2) is 6.73. The zero-order chi connectivity index (χ0) is 11.8. The number of hydrogen-bond acceptors (Lipinski definition) is 3. The van der Waals surface area contributed by atoms with Gasteiger partial charge in [-0.1, -0.05) is 19.8 Å². The summed E-state index contributed by atoms with van der Waals surface area (Å²) in [5.74, 6) is 4.16. The number of aromatic nitrogens is 1. The van der Waals surface area contributed by atoms with E-state index in [-0.39, 0.29) is 6.04 Å². The Morgan fingerprint density at radius 1 is 1.56 bits per heavy atom. The van der Waals surface area contributed by atoms with Gasteiger partial charge in [-0.3, -0.25) is 0 Å². The molecule has 0 aliphatic rings. The first-order chi connectivity index (χ1) is 7.81. The van der Waals surface area contributed by atoms with E-state index in [0.29, 0.717) is 6.61 Å². The number of ether oxygens (including phenoxy) is 1. The number of pyridine rings is 1. The smallest absolute Gasteiger partial charge is 0.169 e. The zero-order valence-corrected chi connectivity index (χ0v) is 9.86. The highest BCUT2D eigenvalue weighted by atomic mass is 16.5. The molecule has 1 N–H and O–H groups in total. The van der Waals surface area contributed by atoms with Crippen LogP contribution in [0.4, 0.5) is 5.82 Å². The van der Waals surface area contributed by atoms with E-state index in [1.807, 2.05) is 19.1 Å². The van der Waals surface area contributed by atoms with Crippen molar-refractivity contribution in [3.63, 3.8) is 0 Å². The maximum atomic E-state index is 5.58. The fourth-order valence-electron chi connectivity index (χ4n) is 1.25. The Morgan fingerprint density at radius 2 is 2.38 bits per heavy atom. The fourth-order valence-corrected chi connectivity index (χ4v) is 1.25. The van der Waals surface area contributed by atoms with Crippen LogP contribution in [0.25, 0.3) is 0 Å². The normalized spacial score (nSPS) is 11.6. The molecule has 1 aromatic rings. The summed E-state index contributed by atoms with van der Waals surface area (Å²) in [6, 6.07) is 3.75. The minimum absolute atomic E-state index is 0.00104. The molecule has 0 aromatic carbocycles. The van der Waals surface area contributed by atoms with E-state index in [1.165, 1.54) is 0 Å². The van der Waals surface area contributed by atoms with E-state index in [1.54, 1.807) is 6.20 Å². The molecule has 1 rings (SSSR count). The molecule has 0 fully saturated rings. The maximum Gasteiger partial charge on any atom is 0.169 e. The van der Waals surface area contributed by atoms with Crippen LogP contribution in [-0.2, 0) is 0 Å². The Morgan fingerprint density at radius 3 is 3.00 bits per heavy atom. The van der Waals surface area contributed by atoms with E-state index in [0.717, 1.165) is 24.4 Å². The molecule has 0 saturated heterocycles. The molecule has 0 aliphatic heterocycles. The third-order valence-electron chi connectivity index (χ3n) is 2.15. The first-order valence-electron chi connectivity index (χ1n) is 5.62. The molecule has 0 saturated carbocycles. The SMILES string of the molecule is C#CC(CC)Nc1ncccc1OCCC. The molecule has 0 aliphatic carbocycles. The van der Waals surface area contributed by atoms with E-state index >= 15 is 0 Å². The van der Waals surface area contributed by atoms with Gasteiger partial charge in [-0.05, 0) is 25.0 Å². The van der Waals surface area contributed by atoms with Gasteiger partial charge >= 0.3 is 0 Å². The molecular weight excluding hydrogens is 200 g/mol. The van der Waals surface area contributed by atoms with Gasteiger partial charge in [0, 0.05) is 6.20 Å². The molecule has 16 heavy (non-hydrogen) atoms. The molecule has 3 heteroatoms. The van der Waals surface area contributed by atoms with Crippen LogP contribution in [0.5, 0.6) is 5.75 Å². The first-order valence-corrected chi connectivity index (χ1v) is 5.62. The van der Waals surface area contributed by atoms with Crippen molar-refractivity contribution in [3.05, 3.63) is 18.3 Å². The number of nitrogens with zero attached hydrogens (tertiary/aromatic N) is 1. The van der Waals surface area contributed by atoms with Crippen molar-refractivity contribution in [1.82, 2.24) is 4.98 Å². The van der Waals surface area contributed by atoms with E-state index in [9.17, 15) is 0 Å². The Kier molecular flexibility index (Phi) is 5.21. The second-order valence-corrected chi connectivity index (χ2v) is 3.47. The molecule has 1 aromatic heterocycles. The predicted molar refractivity (Wildman–Crippen MR) is 66.6 cm³/mol. The van der Waals surface area contributed by atoms with Gasteiger partial charge in [0.1, 0.15) is 0 Å². The lowest BCUT2D eigenvalue weighted by atomic mass is 10.2. The van der Waals surface area contributed by atoms with Gasteiger partial charge in [-0.25, -0.2) is 4.98 Å². The second-order valence-electron chi connectivity index (χ2n) is 3.47. The third kappa shape index (κ3) is 3.47. The van der Waals surface area contributed by atoms with Crippen LogP contribution in [0.2, 0.25) is 0 Å². The highest BCUT2D eigenvalue weighted by molar-refractivity contribution is 5.51. The molecule has 0 spiro atoms. The number of anilines is 1. The van der Waals surface area contributed by atoms with E-state index in [4.69, 9.17) is 11.2 Å². The van der Waals surface area contributed by atoms with Crippen molar-refractivity contribution in [2.24, 2.45) is 0 Å². The molecule has 1 heterocycles. The molecule has 1 unspecified atom stereocenters. The van der Waals surface area contributed by atoms with Crippen molar-refractivity contribution in [2.75, 3.05) is 11.9 Å². The third-order valence-corrected chi connectivity index (χ3v) is 2.15. The topological polar surface area (TPSA) is 34.2 Å². The van der Waals surface area contributed by atoms with Gasteiger partial charge in [-0.2, -0.15) is 0 Å². The van der Waals surface area contributed by atoms with Crippen LogP contribution < -0.4 is 10.1 Å². The van der Waals surface area contributed by atoms with Gasteiger partial charge in [0.25, 0.3) is 0 Å². The van der Waals surface area contributed by atoms with Crippen molar-refractivity contribution < 1.29 is 4.74 Å².